The largest absolute Gasteiger partial charge is 0.398 e. The Morgan fingerprint density at radius 3 is 2.62 bits per heavy atom. The predicted octanol–water partition coefficient (Wildman–Crippen LogP) is 3.54. The topological polar surface area (TPSA) is 43.1 Å². The first-order valence-electron chi connectivity index (χ1n) is 4.19. The molecule has 0 aliphatic heterocycles. The fraction of sp³-hybridized carbons (Fsp3) is 0.100. The van der Waals surface area contributed by atoms with Gasteiger partial charge >= 0.3 is 0 Å². The van der Waals surface area contributed by atoms with E-state index in [0.717, 1.165) is 11.0 Å². The quantitative estimate of drug-likeness (QED) is 0.685. The lowest BCUT2D eigenvalue weighted by atomic mass is 10.3. The third-order valence-electron chi connectivity index (χ3n) is 1.58. The number of rotatable bonds is 3. The van der Waals surface area contributed by atoms with Gasteiger partial charge < -0.3 is 5.73 Å². The molecule has 0 fully saturated rings. The van der Waals surface area contributed by atoms with Crippen LogP contribution in [-0.2, 0) is 4.79 Å². The Morgan fingerprint density at radius 2 is 2.12 bits per heavy atom. The van der Waals surface area contributed by atoms with Crippen molar-refractivity contribution in [1.29, 1.82) is 0 Å². The molecular weight excluding hydrogens is 289 g/mol. The van der Waals surface area contributed by atoms with Crippen molar-refractivity contribution in [3.63, 3.8) is 0 Å². The molecule has 0 atom stereocenters. The van der Waals surface area contributed by atoms with Crippen molar-refractivity contribution >= 4 is 58.0 Å². The molecular formula is C10H8Cl3NOS. The molecule has 0 saturated heterocycles. The van der Waals surface area contributed by atoms with Crippen LogP contribution >= 0.6 is 46.1 Å². The van der Waals surface area contributed by atoms with Crippen LogP contribution in [0.15, 0.2) is 35.4 Å². The van der Waals surface area contributed by atoms with Crippen molar-refractivity contribution in [3.8, 4) is 0 Å². The van der Waals surface area contributed by atoms with Gasteiger partial charge in [0.25, 0.3) is 0 Å². The van der Waals surface area contributed by atoms with E-state index < -0.39 is 3.79 Å². The Morgan fingerprint density at radius 1 is 1.44 bits per heavy atom. The Labute approximate surface area is 112 Å². The first kappa shape index (κ1) is 13.6. The molecule has 2 nitrogen and oxygen atoms in total. The van der Waals surface area contributed by atoms with Crippen molar-refractivity contribution in [1.82, 2.24) is 0 Å². The summed E-state index contributed by atoms with van der Waals surface area (Å²) in [6, 6.07) is 3.77. The van der Waals surface area contributed by atoms with Gasteiger partial charge in [0.05, 0.1) is 5.70 Å². The number of hydrogen-bond donors (Lipinski definition) is 1. The molecule has 6 heteroatoms. The van der Waals surface area contributed by atoms with Gasteiger partial charge in [0, 0.05) is 11.0 Å². The van der Waals surface area contributed by atoms with Crippen LogP contribution in [-0.4, -0.2) is 9.58 Å². The second-order valence-corrected chi connectivity index (χ2v) is 6.11. The highest BCUT2D eigenvalue weighted by Gasteiger charge is 2.23. The monoisotopic (exact) mass is 295 g/mol. The molecule has 0 amide bonds. The van der Waals surface area contributed by atoms with Gasteiger partial charge in [-0.2, -0.15) is 0 Å². The smallest absolute Gasteiger partial charge is 0.230 e. The van der Waals surface area contributed by atoms with E-state index in [1.807, 2.05) is 17.5 Å². The van der Waals surface area contributed by atoms with Crippen molar-refractivity contribution < 1.29 is 4.79 Å². The zero-order valence-corrected chi connectivity index (χ0v) is 11.1. The van der Waals surface area contributed by atoms with Crippen molar-refractivity contribution in [2.24, 2.45) is 5.73 Å². The maximum Gasteiger partial charge on any atom is 0.230 e. The highest BCUT2D eigenvalue weighted by Crippen LogP contribution is 2.31. The standard InChI is InChI=1S/C10H8Cl3NOS/c11-10(12,13)9(14)6-7(15)3-4-8-2-1-5-16-8/h1-6H,14H2/b4-3+,9-6-. The molecule has 1 aromatic heterocycles. The highest BCUT2D eigenvalue weighted by atomic mass is 35.6. The van der Waals surface area contributed by atoms with Gasteiger partial charge in [0.2, 0.25) is 3.79 Å². The molecule has 2 N–H and O–H groups in total. The number of halogens is 3. The molecule has 0 unspecified atom stereocenters. The Bertz CT molecular complexity index is 418. The van der Waals surface area contributed by atoms with Crippen molar-refractivity contribution in [2.45, 2.75) is 3.79 Å². The third-order valence-corrected chi connectivity index (χ3v) is 3.07. The van der Waals surface area contributed by atoms with Crippen LogP contribution in [0.25, 0.3) is 6.08 Å². The van der Waals surface area contributed by atoms with Gasteiger partial charge in [-0.1, -0.05) is 40.9 Å². The number of ketones is 1. The van der Waals surface area contributed by atoms with Gasteiger partial charge in [-0.3, -0.25) is 4.79 Å². The van der Waals surface area contributed by atoms with Crippen LogP contribution in [0.5, 0.6) is 0 Å². The van der Waals surface area contributed by atoms with E-state index in [9.17, 15) is 4.79 Å². The van der Waals surface area contributed by atoms with Gasteiger partial charge in [-0.15, -0.1) is 11.3 Å². The molecule has 86 valence electrons. The van der Waals surface area contributed by atoms with Crippen LogP contribution in [0.2, 0.25) is 0 Å². The SMILES string of the molecule is N/C(=C\C(=O)/C=C/c1cccs1)C(Cl)(Cl)Cl. The number of allylic oxidation sites excluding steroid dienone is 3. The summed E-state index contributed by atoms with van der Waals surface area (Å²) in [4.78, 5) is 12.3. The van der Waals surface area contributed by atoms with E-state index in [4.69, 9.17) is 40.5 Å². The molecule has 0 saturated carbocycles. The number of carbonyl (C=O) groups is 1. The van der Waals surface area contributed by atoms with E-state index in [2.05, 4.69) is 0 Å². The normalized spacial score (nSPS) is 13.3. The van der Waals surface area contributed by atoms with E-state index in [0.29, 0.717) is 0 Å². The predicted molar refractivity (Wildman–Crippen MR) is 70.9 cm³/mol. The number of carbonyl (C=O) groups excluding carboxylic acids is 1. The number of alkyl halides is 3. The summed E-state index contributed by atoms with van der Waals surface area (Å²) in [5.41, 5.74) is 5.32. The molecule has 0 bridgehead atoms. The van der Waals surface area contributed by atoms with Crippen LogP contribution in [0.1, 0.15) is 4.88 Å². The molecule has 0 spiro atoms. The third kappa shape index (κ3) is 4.58. The van der Waals surface area contributed by atoms with Crippen LogP contribution < -0.4 is 5.73 Å². The van der Waals surface area contributed by atoms with Gasteiger partial charge in [0.1, 0.15) is 0 Å². The lowest BCUT2D eigenvalue weighted by Gasteiger charge is -2.09. The van der Waals surface area contributed by atoms with Crippen molar-refractivity contribution in [3.05, 3.63) is 40.2 Å². The zero-order chi connectivity index (χ0) is 12.2. The van der Waals surface area contributed by atoms with E-state index in [-0.39, 0.29) is 11.5 Å². The second-order valence-electron chi connectivity index (χ2n) is 2.85. The van der Waals surface area contributed by atoms with Gasteiger partial charge in [-0.25, -0.2) is 0 Å². The molecule has 1 heterocycles. The molecule has 0 aliphatic rings. The second kappa shape index (κ2) is 5.73. The van der Waals surface area contributed by atoms with Crippen molar-refractivity contribution in [2.75, 3.05) is 0 Å². The average molecular weight is 297 g/mol. The first-order chi connectivity index (χ1) is 7.39. The van der Waals surface area contributed by atoms with Crippen LogP contribution in [0.3, 0.4) is 0 Å². The lowest BCUT2D eigenvalue weighted by molar-refractivity contribution is -0.110. The fourth-order valence-corrected chi connectivity index (χ4v) is 1.62. The Hall–Kier alpha value is -0.480. The maximum absolute atomic E-state index is 11.4. The number of thiophene rings is 1. The number of nitrogens with two attached hydrogens (primary N) is 1. The molecule has 1 aromatic rings. The zero-order valence-electron chi connectivity index (χ0n) is 7.99. The van der Waals surface area contributed by atoms with E-state index >= 15 is 0 Å². The molecule has 1 rings (SSSR count). The van der Waals surface area contributed by atoms with E-state index in [1.165, 1.54) is 17.4 Å². The average Bonchev–Trinajstić information content (AvgIpc) is 2.65. The van der Waals surface area contributed by atoms with Crippen LogP contribution in [0.4, 0.5) is 0 Å². The summed E-state index contributed by atoms with van der Waals surface area (Å²) in [6.07, 6.45) is 4.14. The lowest BCUT2D eigenvalue weighted by Crippen LogP contribution is -2.16. The minimum atomic E-state index is -1.74. The summed E-state index contributed by atoms with van der Waals surface area (Å²) >= 11 is 18.0. The summed E-state index contributed by atoms with van der Waals surface area (Å²) in [7, 11) is 0. The molecule has 0 aromatic carbocycles. The molecule has 0 aliphatic carbocycles. The first-order valence-corrected chi connectivity index (χ1v) is 6.21. The highest BCUT2D eigenvalue weighted by molar-refractivity contribution is 7.10. The molecule has 16 heavy (non-hydrogen) atoms. The summed E-state index contributed by atoms with van der Waals surface area (Å²) in [6.45, 7) is 0. The minimum Gasteiger partial charge on any atom is -0.398 e. The fourth-order valence-electron chi connectivity index (χ4n) is 0.834. The molecule has 0 radical (unpaired) electrons. The summed E-state index contributed by atoms with van der Waals surface area (Å²) < 4.78 is -1.74. The van der Waals surface area contributed by atoms with Crippen LogP contribution in [0, 0.1) is 0 Å². The number of hydrogen-bond acceptors (Lipinski definition) is 3. The summed E-state index contributed by atoms with van der Waals surface area (Å²) in [5, 5.41) is 1.91. The Kier molecular flexibility index (Phi) is 4.87. The minimum absolute atomic E-state index is 0.0988. The van der Waals surface area contributed by atoms with Gasteiger partial charge in [0.15, 0.2) is 5.78 Å². The maximum atomic E-state index is 11.4. The van der Waals surface area contributed by atoms with E-state index in [1.54, 1.807) is 6.08 Å². The summed E-state index contributed by atoms with van der Waals surface area (Å²) in [5.74, 6) is -0.322. The Balaban J connectivity index is 2.67. The van der Waals surface area contributed by atoms with Gasteiger partial charge in [-0.05, 0) is 23.6 Å².